The maximum Gasteiger partial charge on any atom is 0.239 e. The second kappa shape index (κ2) is 9.23. The Kier molecular flexibility index (Phi) is 8.00. The molecule has 7 heteroatoms. The summed E-state index contributed by atoms with van der Waals surface area (Å²) < 4.78 is 4.84. The lowest BCUT2D eigenvalue weighted by molar-refractivity contribution is -0.126. The zero-order valence-corrected chi connectivity index (χ0v) is 13.3. The molecule has 2 amide bonds. The molecule has 2 fully saturated rings. The van der Waals surface area contributed by atoms with Crippen LogP contribution < -0.4 is 16.0 Å². The minimum atomic E-state index is -0.166. The topological polar surface area (TPSA) is 79.5 Å². The van der Waals surface area contributed by atoms with Gasteiger partial charge in [-0.3, -0.25) is 9.59 Å². The SMILES string of the molecule is COCCNC(=O)CNC(=O)CC1CC2CCC(C1)N2.Cl. The largest absolute Gasteiger partial charge is 0.383 e. The summed E-state index contributed by atoms with van der Waals surface area (Å²) in [6, 6.07) is 1.20. The van der Waals surface area contributed by atoms with E-state index in [9.17, 15) is 9.59 Å². The van der Waals surface area contributed by atoms with Gasteiger partial charge in [0.25, 0.3) is 0 Å². The normalized spacial score (nSPS) is 26.8. The van der Waals surface area contributed by atoms with Gasteiger partial charge in [0, 0.05) is 32.2 Å². The first-order chi connectivity index (χ1) is 9.67. The molecule has 2 rings (SSSR count). The van der Waals surface area contributed by atoms with Crippen molar-refractivity contribution in [2.75, 3.05) is 26.8 Å². The third-order valence-corrected chi connectivity index (χ3v) is 4.12. The molecule has 0 aromatic carbocycles. The third-order valence-electron chi connectivity index (χ3n) is 4.12. The predicted molar refractivity (Wildman–Crippen MR) is 82.4 cm³/mol. The summed E-state index contributed by atoms with van der Waals surface area (Å²) in [5.41, 5.74) is 0. The Balaban J connectivity index is 0.00000220. The Morgan fingerprint density at radius 2 is 1.81 bits per heavy atom. The molecule has 2 atom stereocenters. The van der Waals surface area contributed by atoms with E-state index in [-0.39, 0.29) is 30.8 Å². The molecule has 2 aliphatic heterocycles. The quantitative estimate of drug-likeness (QED) is 0.586. The molecule has 6 nitrogen and oxygen atoms in total. The number of hydrogen-bond acceptors (Lipinski definition) is 4. The fourth-order valence-corrected chi connectivity index (χ4v) is 3.21. The zero-order valence-electron chi connectivity index (χ0n) is 12.5. The highest BCUT2D eigenvalue weighted by Crippen LogP contribution is 2.32. The van der Waals surface area contributed by atoms with Gasteiger partial charge in [0.1, 0.15) is 0 Å². The maximum absolute atomic E-state index is 11.8. The Morgan fingerprint density at radius 1 is 1.14 bits per heavy atom. The van der Waals surface area contributed by atoms with Crippen LogP contribution in [0.15, 0.2) is 0 Å². The number of ether oxygens (including phenoxy) is 1. The summed E-state index contributed by atoms with van der Waals surface area (Å²) in [4.78, 5) is 23.3. The number of rotatable bonds is 7. The van der Waals surface area contributed by atoms with E-state index >= 15 is 0 Å². The molecule has 0 radical (unpaired) electrons. The van der Waals surface area contributed by atoms with Crippen LogP contribution in [-0.4, -0.2) is 50.7 Å². The van der Waals surface area contributed by atoms with Gasteiger partial charge in [-0.2, -0.15) is 0 Å². The van der Waals surface area contributed by atoms with Gasteiger partial charge >= 0.3 is 0 Å². The van der Waals surface area contributed by atoms with Crippen LogP contribution in [0.5, 0.6) is 0 Å². The molecule has 2 aliphatic rings. The minimum absolute atomic E-state index is 0. The van der Waals surface area contributed by atoms with E-state index in [1.54, 1.807) is 7.11 Å². The number of carbonyl (C=O) groups excluding carboxylic acids is 2. The summed E-state index contributed by atoms with van der Waals surface area (Å²) in [7, 11) is 1.58. The molecule has 3 N–H and O–H groups in total. The van der Waals surface area contributed by atoms with Crippen LogP contribution in [0.2, 0.25) is 0 Å². The van der Waals surface area contributed by atoms with Gasteiger partial charge in [0.2, 0.25) is 11.8 Å². The van der Waals surface area contributed by atoms with E-state index < -0.39 is 0 Å². The first-order valence-electron chi connectivity index (χ1n) is 7.45. The first kappa shape index (κ1) is 18.2. The molecule has 0 aliphatic carbocycles. The number of fused-ring (bicyclic) bond motifs is 2. The zero-order chi connectivity index (χ0) is 14.4. The van der Waals surface area contributed by atoms with E-state index in [1.165, 1.54) is 12.8 Å². The van der Waals surface area contributed by atoms with Crippen molar-refractivity contribution in [3.8, 4) is 0 Å². The average Bonchev–Trinajstić information content (AvgIpc) is 2.76. The highest BCUT2D eigenvalue weighted by molar-refractivity contribution is 5.85. The number of piperidine rings is 1. The smallest absolute Gasteiger partial charge is 0.239 e. The fraction of sp³-hybridized carbons (Fsp3) is 0.857. The minimum Gasteiger partial charge on any atom is -0.383 e. The van der Waals surface area contributed by atoms with Crippen LogP contribution in [0.3, 0.4) is 0 Å². The van der Waals surface area contributed by atoms with E-state index in [0.29, 0.717) is 37.6 Å². The third kappa shape index (κ3) is 6.20. The number of halogens is 1. The van der Waals surface area contributed by atoms with Crippen molar-refractivity contribution >= 4 is 24.2 Å². The van der Waals surface area contributed by atoms with Crippen molar-refractivity contribution in [1.82, 2.24) is 16.0 Å². The van der Waals surface area contributed by atoms with Crippen molar-refractivity contribution in [2.45, 2.75) is 44.2 Å². The lowest BCUT2D eigenvalue weighted by atomic mass is 9.89. The molecule has 122 valence electrons. The molecule has 2 bridgehead atoms. The summed E-state index contributed by atoms with van der Waals surface area (Å²) >= 11 is 0. The molecule has 2 unspecified atom stereocenters. The van der Waals surface area contributed by atoms with Crippen molar-refractivity contribution in [3.63, 3.8) is 0 Å². The highest BCUT2D eigenvalue weighted by Gasteiger charge is 2.34. The Morgan fingerprint density at radius 3 is 2.43 bits per heavy atom. The number of methoxy groups -OCH3 is 1. The second-order valence-corrected chi connectivity index (χ2v) is 5.80. The van der Waals surface area contributed by atoms with Gasteiger partial charge in [-0.05, 0) is 31.6 Å². The van der Waals surface area contributed by atoms with E-state index in [4.69, 9.17) is 4.74 Å². The van der Waals surface area contributed by atoms with Gasteiger partial charge in [0.05, 0.1) is 13.2 Å². The molecule has 0 aromatic rings. The molecule has 0 aromatic heterocycles. The maximum atomic E-state index is 11.8. The van der Waals surface area contributed by atoms with Crippen LogP contribution in [0.4, 0.5) is 0 Å². The molecule has 0 spiro atoms. The Hall–Kier alpha value is -0.850. The lowest BCUT2D eigenvalue weighted by Crippen LogP contribution is -2.41. The van der Waals surface area contributed by atoms with E-state index in [1.807, 2.05) is 0 Å². The van der Waals surface area contributed by atoms with Crippen molar-refractivity contribution in [3.05, 3.63) is 0 Å². The number of carbonyl (C=O) groups is 2. The molecule has 0 saturated carbocycles. The molecule has 2 heterocycles. The van der Waals surface area contributed by atoms with Gasteiger partial charge in [-0.15, -0.1) is 12.4 Å². The van der Waals surface area contributed by atoms with Crippen molar-refractivity contribution in [2.24, 2.45) is 5.92 Å². The van der Waals surface area contributed by atoms with Gasteiger partial charge in [-0.25, -0.2) is 0 Å². The van der Waals surface area contributed by atoms with Crippen LogP contribution in [0, 0.1) is 5.92 Å². The standard InChI is InChI=1S/C14H25N3O3.ClH/c1-20-5-4-15-14(19)9-16-13(18)8-10-6-11-2-3-12(7-10)17-11;/h10-12,17H,2-9H2,1H3,(H,15,19)(H,16,18);1H. The van der Waals surface area contributed by atoms with Gasteiger partial charge in [0.15, 0.2) is 0 Å². The van der Waals surface area contributed by atoms with Crippen LogP contribution in [-0.2, 0) is 14.3 Å². The lowest BCUT2D eigenvalue weighted by Gasteiger charge is -2.28. The summed E-state index contributed by atoms with van der Waals surface area (Å²) in [5, 5.41) is 8.94. The highest BCUT2D eigenvalue weighted by atomic mass is 35.5. The van der Waals surface area contributed by atoms with Crippen LogP contribution in [0.1, 0.15) is 32.1 Å². The fourth-order valence-electron chi connectivity index (χ4n) is 3.21. The molecular formula is C14H26ClN3O3. The Bertz CT molecular complexity index is 342. The molecular weight excluding hydrogens is 294 g/mol. The summed E-state index contributed by atoms with van der Waals surface area (Å²) in [6.07, 6.45) is 5.20. The van der Waals surface area contributed by atoms with Crippen molar-refractivity contribution < 1.29 is 14.3 Å². The predicted octanol–water partition coefficient (Wildman–Crippen LogP) is 0.208. The number of hydrogen-bond donors (Lipinski definition) is 3. The first-order valence-corrected chi connectivity index (χ1v) is 7.45. The monoisotopic (exact) mass is 319 g/mol. The average molecular weight is 320 g/mol. The molecule has 2 saturated heterocycles. The summed E-state index contributed by atoms with van der Waals surface area (Å²) in [5.74, 6) is 0.282. The number of amides is 2. The van der Waals surface area contributed by atoms with Gasteiger partial charge < -0.3 is 20.7 Å². The van der Waals surface area contributed by atoms with Gasteiger partial charge in [-0.1, -0.05) is 0 Å². The van der Waals surface area contributed by atoms with Crippen LogP contribution in [0.25, 0.3) is 0 Å². The van der Waals surface area contributed by atoms with Crippen molar-refractivity contribution in [1.29, 1.82) is 0 Å². The van der Waals surface area contributed by atoms with E-state index in [2.05, 4.69) is 16.0 Å². The Labute approximate surface area is 132 Å². The van der Waals surface area contributed by atoms with E-state index in [0.717, 1.165) is 12.8 Å². The van der Waals surface area contributed by atoms with Crippen LogP contribution >= 0.6 is 12.4 Å². The molecule has 21 heavy (non-hydrogen) atoms. The number of nitrogens with one attached hydrogen (secondary N) is 3. The summed E-state index contributed by atoms with van der Waals surface area (Å²) in [6.45, 7) is 1.01. The second-order valence-electron chi connectivity index (χ2n) is 5.80.